The fraction of sp³-hybridized carbons (Fsp3) is 0.312. The molecule has 0 amide bonds. The van der Waals surface area contributed by atoms with Crippen LogP contribution in [0.15, 0.2) is 42.3 Å². The predicted molar refractivity (Wildman–Crippen MR) is 76.2 cm³/mol. The van der Waals surface area contributed by atoms with Gasteiger partial charge in [0.25, 0.3) is 0 Å². The molecule has 0 fully saturated rings. The number of carbonyl (C=O) groups is 1. The van der Waals surface area contributed by atoms with Crippen molar-refractivity contribution >= 4 is 5.97 Å². The van der Waals surface area contributed by atoms with E-state index in [-0.39, 0.29) is 11.9 Å². The number of ether oxygens (including phenoxy) is 1. The van der Waals surface area contributed by atoms with Crippen LogP contribution < -0.4 is 5.32 Å². The summed E-state index contributed by atoms with van der Waals surface area (Å²) >= 11 is 0. The summed E-state index contributed by atoms with van der Waals surface area (Å²) in [6.07, 6.45) is 2.24. The summed E-state index contributed by atoms with van der Waals surface area (Å²) < 4.78 is 18.5. The molecule has 0 saturated carbocycles. The van der Waals surface area contributed by atoms with E-state index in [1.807, 2.05) is 6.07 Å². The van der Waals surface area contributed by atoms with Crippen LogP contribution in [-0.4, -0.2) is 19.6 Å². The number of esters is 1. The van der Waals surface area contributed by atoms with Gasteiger partial charge in [-0.05, 0) is 36.6 Å². The molecule has 0 bridgehead atoms. The van der Waals surface area contributed by atoms with E-state index >= 15 is 0 Å². The molecule has 0 aromatic heterocycles. The Bertz CT molecular complexity index is 578. The van der Waals surface area contributed by atoms with E-state index in [1.165, 1.54) is 13.2 Å². The smallest absolute Gasteiger partial charge is 0.337 e. The van der Waals surface area contributed by atoms with Crippen molar-refractivity contribution in [2.24, 2.45) is 0 Å². The zero-order chi connectivity index (χ0) is 14.7. The largest absolute Gasteiger partial charge is 0.465 e. The molecule has 0 radical (unpaired) electrons. The average Bonchev–Trinajstić information content (AvgIpc) is 2.51. The molecule has 1 unspecified atom stereocenters. The molecule has 2 rings (SSSR count). The molecule has 0 saturated heterocycles. The summed E-state index contributed by atoms with van der Waals surface area (Å²) in [5.41, 5.74) is 2.84. The number of hydrogen-bond donors (Lipinski definition) is 1. The van der Waals surface area contributed by atoms with Gasteiger partial charge in [0.15, 0.2) is 0 Å². The lowest BCUT2D eigenvalue weighted by Crippen LogP contribution is -2.31. The SMILES string of the molecule is C=C(/C(F)=C\C)C1NCCc2ccc(C(=O)OC)cc21. The van der Waals surface area contributed by atoms with Gasteiger partial charge in [-0.2, -0.15) is 0 Å². The van der Waals surface area contributed by atoms with Crippen LogP contribution >= 0.6 is 0 Å². The summed E-state index contributed by atoms with van der Waals surface area (Å²) in [7, 11) is 1.34. The Hall–Kier alpha value is -1.94. The number of benzene rings is 1. The summed E-state index contributed by atoms with van der Waals surface area (Å²) in [5, 5.41) is 3.24. The molecular weight excluding hydrogens is 257 g/mol. The third kappa shape index (κ3) is 2.65. The van der Waals surface area contributed by atoms with Crippen molar-refractivity contribution in [3.8, 4) is 0 Å². The molecule has 1 N–H and O–H groups in total. The maximum atomic E-state index is 13.8. The molecule has 1 aromatic rings. The van der Waals surface area contributed by atoms with Gasteiger partial charge < -0.3 is 10.1 Å². The second-order valence-electron chi connectivity index (χ2n) is 4.70. The minimum Gasteiger partial charge on any atom is -0.465 e. The van der Waals surface area contributed by atoms with Crippen molar-refractivity contribution < 1.29 is 13.9 Å². The van der Waals surface area contributed by atoms with Crippen LogP contribution in [0.1, 0.15) is 34.5 Å². The maximum absolute atomic E-state index is 13.8. The lowest BCUT2D eigenvalue weighted by Gasteiger charge is -2.28. The number of allylic oxidation sites excluding steroid dienone is 1. The Kier molecular flexibility index (Phi) is 4.35. The van der Waals surface area contributed by atoms with Crippen LogP contribution in [0.3, 0.4) is 0 Å². The van der Waals surface area contributed by atoms with Gasteiger partial charge in [0.05, 0.1) is 18.7 Å². The van der Waals surface area contributed by atoms with Gasteiger partial charge in [-0.1, -0.05) is 18.7 Å². The number of fused-ring (bicyclic) bond motifs is 1. The fourth-order valence-corrected chi connectivity index (χ4v) is 2.43. The van der Waals surface area contributed by atoms with E-state index in [9.17, 15) is 9.18 Å². The molecule has 1 aliphatic rings. The minimum absolute atomic E-state index is 0.306. The third-order valence-corrected chi connectivity index (χ3v) is 3.53. The second kappa shape index (κ2) is 6.01. The predicted octanol–water partition coefficient (Wildman–Crippen LogP) is 3.09. The molecule has 20 heavy (non-hydrogen) atoms. The van der Waals surface area contributed by atoms with E-state index in [1.54, 1.807) is 19.1 Å². The van der Waals surface area contributed by atoms with Crippen LogP contribution in [-0.2, 0) is 11.2 Å². The Balaban J connectivity index is 2.43. The first-order chi connectivity index (χ1) is 9.58. The summed E-state index contributed by atoms with van der Waals surface area (Å²) in [6, 6.07) is 5.09. The van der Waals surface area contributed by atoms with Crippen molar-refractivity contribution in [1.82, 2.24) is 5.32 Å². The maximum Gasteiger partial charge on any atom is 0.337 e. The number of nitrogens with one attached hydrogen (secondary N) is 1. The highest BCUT2D eigenvalue weighted by molar-refractivity contribution is 5.89. The zero-order valence-corrected chi connectivity index (χ0v) is 11.7. The highest BCUT2D eigenvalue weighted by Gasteiger charge is 2.25. The van der Waals surface area contributed by atoms with Gasteiger partial charge >= 0.3 is 5.97 Å². The molecular formula is C16H18FNO2. The molecule has 1 heterocycles. The molecule has 106 valence electrons. The fourth-order valence-electron chi connectivity index (χ4n) is 2.43. The lowest BCUT2D eigenvalue weighted by molar-refractivity contribution is 0.0600. The summed E-state index contributed by atoms with van der Waals surface area (Å²) in [5.74, 6) is -0.729. The van der Waals surface area contributed by atoms with Gasteiger partial charge in [-0.25, -0.2) is 9.18 Å². The standard InChI is InChI=1S/C16H18FNO2/c1-4-14(17)10(2)15-13-9-12(16(19)20-3)6-5-11(13)7-8-18-15/h4-6,9,15,18H,2,7-8H2,1,3H3/b14-4+. The molecule has 3 nitrogen and oxygen atoms in total. The summed E-state index contributed by atoms with van der Waals surface area (Å²) in [6.45, 7) is 6.21. The Morgan fingerprint density at radius 3 is 2.95 bits per heavy atom. The number of methoxy groups -OCH3 is 1. The van der Waals surface area contributed by atoms with E-state index in [0.29, 0.717) is 11.1 Å². The van der Waals surface area contributed by atoms with Crippen molar-refractivity contribution in [3.63, 3.8) is 0 Å². The minimum atomic E-state index is -0.394. The third-order valence-electron chi connectivity index (χ3n) is 3.53. The van der Waals surface area contributed by atoms with Gasteiger partial charge in [0, 0.05) is 12.1 Å². The van der Waals surface area contributed by atoms with Gasteiger partial charge in [0.2, 0.25) is 0 Å². The van der Waals surface area contributed by atoms with Crippen molar-refractivity contribution in [2.75, 3.05) is 13.7 Å². The number of rotatable bonds is 3. The van der Waals surface area contributed by atoms with Crippen molar-refractivity contribution in [2.45, 2.75) is 19.4 Å². The first-order valence-corrected chi connectivity index (χ1v) is 6.54. The monoisotopic (exact) mass is 275 g/mol. The van der Waals surface area contributed by atoms with Crippen LogP contribution in [0.25, 0.3) is 0 Å². The highest BCUT2D eigenvalue weighted by atomic mass is 19.1. The van der Waals surface area contributed by atoms with E-state index in [2.05, 4.69) is 11.9 Å². The van der Waals surface area contributed by atoms with Crippen LogP contribution in [0.5, 0.6) is 0 Å². The molecule has 0 aliphatic carbocycles. The Morgan fingerprint density at radius 2 is 2.30 bits per heavy atom. The van der Waals surface area contributed by atoms with Crippen LogP contribution in [0, 0.1) is 0 Å². The highest BCUT2D eigenvalue weighted by Crippen LogP contribution is 2.32. The summed E-state index contributed by atoms with van der Waals surface area (Å²) in [4.78, 5) is 11.6. The van der Waals surface area contributed by atoms with E-state index in [4.69, 9.17) is 4.74 Å². The molecule has 4 heteroatoms. The molecule has 1 atom stereocenters. The van der Waals surface area contributed by atoms with Crippen molar-refractivity contribution in [1.29, 1.82) is 0 Å². The van der Waals surface area contributed by atoms with E-state index < -0.39 is 5.97 Å². The first-order valence-electron chi connectivity index (χ1n) is 6.54. The zero-order valence-electron chi connectivity index (χ0n) is 11.7. The Labute approximate surface area is 118 Å². The topological polar surface area (TPSA) is 38.3 Å². The van der Waals surface area contributed by atoms with E-state index in [0.717, 1.165) is 24.1 Å². The van der Waals surface area contributed by atoms with Crippen LogP contribution in [0.2, 0.25) is 0 Å². The lowest BCUT2D eigenvalue weighted by atomic mass is 9.88. The molecule has 0 spiro atoms. The number of halogens is 1. The Morgan fingerprint density at radius 1 is 1.55 bits per heavy atom. The second-order valence-corrected chi connectivity index (χ2v) is 4.70. The van der Waals surface area contributed by atoms with Gasteiger partial charge in [-0.15, -0.1) is 0 Å². The first kappa shape index (κ1) is 14.5. The average molecular weight is 275 g/mol. The van der Waals surface area contributed by atoms with Gasteiger partial charge in [0.1, 0.15) is 5.83 Å². The number of carbonyl (C=O) groups excluding carboxylic acids is 1. The quantitative estimate of drug-likeness (QED) is 0.680. The number of hydrogen-bond acceptors (Lipinski definition) is 3. The molecule has 1 aromatic carbocycles. The van der Waals surface area contributed by atoms with Crippen LogP contribution in [0.4, 0.5) is 4.39 Å². The van der Waals surface area contributed by atoms with Gasteiger partial charge in [-0.3, -0.25) is 0 Å². The molecule has 1 aliphatic heterocycles. The van der Waals surface area contributed by atoms with Crippen molar-refractivity contribution in [3.05, 3.63) is 58.9 Å². The normalized spacial score (nSPS) is 18.4.